The smallest absolute Gasteiger partial charge is 0.240 e. The molecule has 3 aliphatic rings. The van der Waals surface area contributed by atoms with E-state index in [4.69, 9.17) is 0 Å². The number of carbonyl (C=O) groups is 1. The number of carbonyl (C=O) groups excluding carboxylic acids is 1. The number of nitrogens with zero attached hydrogens (tertiary/aromatic N) is 5. The van der Waals surface area contributed by atoms with E-state index in [1.54, 1.807) is 16.8 Å². The van der Waals surface area contributed by atoms with E-state index in [9.17, 15) is 9.18 Å². The molecule has 0 spiro atoms. The highest BCUT2D eigenvalue weighted by atomic mass is 35.5. The van der Waals surface area contributed by atoms with Crippen molar-refractivity contribution in [2.24, 2.45) is 0 Å². The molecule has 2 aromatic rings. The number of anilines is 1. The van der Waals surface area contributed by atoms with Crippen molar-refractivity contribution in [1.29, 1.82) is 0 Å². The molecular formula is C22H32Cl3FN6OS. The molecule has 1 N–H and O–H groups in total. The monoisotopic (exact) mass is 552 g/mol. The third-order valence-electron chi connectivity index (χ3n) is 6.52. The van der Waals surface area contributed by atoms with Gasteiger partial charge in [-0.2, -0.15) is 5.10 Å². The summed E-state index contributed by atoms with van der Waals surface area (Å²) in [7, 11) is 0. The Labute approximate surface area is 223 Å². The quantitative estimate of drug-likeness (QED) is 0.628. The molecule has 3 saturated heterocycles. The Kier molecular flexibility index (Phi) is 10.8. The minimum Gasteiger partial charge on any atom is -0.354 e. The average Bonchev–Trinajstić information content (AvgIpc) is 3.55. The molecule has 34 heavy (non-hydrogen) atoms. The van der Waals surface area contributed by atoms with Gasteiger partial charge in [-0.15, -0.1) is 49.0 Å². The topological polar surface area (TPSA) is 56.6 Å². The van der Waals surface area contributed by atoms with Crippen LogP contribution in [-0.2, 0) is 4.79 Å². The molecular weight excluding hydrogens is 522 g/mol. The summed E-state index contributed by atoms with van der Waals surface area (Å²) in [5.41, 5.74) is 1.36. The number of hydrogen-bond donors (Lipinski definition) is 1. The molecule has 7 nitrogen and oxygen atoms in total. The summed E-state index contributed by atoms with van der Waals surface area (Å²) in [6.45, 7) is 7.25. The molecule has 0 bridgehead atoms. The predicted molar refractivity (Wildman–Crippen MR) is 143 cm³/mol. The summed E-state index contributed by atoms with van der Waals surface area (Å²) < 4.78 is 16.1. The normalized spacial score (nSPS) is 22.6. The third kappa shape index (κ3) is 5.94. The number of hydrogen-bond acceptors (Lipinski definition) is 6. The molecule has 1 aromatic carbocycles. The maximum atomic E-state index is 14.4. The van der Waals surface area contributed by atoms with Crippen molar-refractivity contribution in [3.63, 3.8) is 0 Å². The Hall–Kier alpha value is -1.23. The summed E-state index contributed by atoms with van der Waals surface area (Å²) in [4.78, 5) is 19.5. The van der Waals surface area contributed by atoms with Gasteiger partial charge in [0, 0.05) is 57.1 Å². The van der Waals surface area contributed by atoms with Crippen molar-refractivity contribution >= 4 is 60.7 Å². The molecule has 3 fully saturated rings. The number of halogens is 4. The number of para-hydroxylation sites is 1. The van der Waals surface area contributed by atoms with Crippen LogP contribution in [-0.4, -0.2) is 88.5 Å². The first-order valence-electron chi connectivity index (χ1n) is 11.0. The second kappa shape index (κ2) is 12.6. The van der Waals surface area contributed by atoms with Crippen LogP contribution in [0, 0.1) is 12.7 Å². The number of amides is 1. The van der Waals surface area contributed by atoms with Gasteiger partial charge >= 0.3 is 0 Å². The van der Waals surface area contributed by atoms with Crippen molar-refractivity contribution < 1.29 is 9.18 Å². The number of benzene rings is 1. The molecule has 12 heteroatoms. The summed E-state index contributed by atoms with van der Waals surface area (Å²) in [5.74, 6) is 2.80. The fourth-order valence-corrected chi connectivity index (χ4v) is 5.77. The van der Waals surface area contributed by atoms with Gasteiger partial charge in [-0.3, -0.25) is 9.69 Å². The van der Waals surface area contributed by atoms with Gasteiger partial charge in [0.05, 0.1) is 17.6 Å². The van der Waals surface area contributed by atoms with Crippen molar-refractivity contribution in [1.82, 2.24) is 24.9 Å². The first-order chi connectivity index (χ1) is 15.1. The van der Waals surface area contributed by atoms with E-state index in [2.05, 4.69) is 20.2 Å². The Balaban J connectivity index is 0.00000136. The van der Waals surface area contributed by atoms with Crippen LogP contribution in [0.4, 0.5) is 10.2 Å². The van der Waals surface area contributed by atoms with E-state index in [1.807, 2.05) is 35.7 Å². The Morgan fingerprint density at radius 2 is 1.85 bits per heavy atom. The fraction of sp³-hybridized carbons (Fsp3) is 0.545. The molecule has 5 rings (SSSR count). The highest BCUT2D eigenvalue weighted by molar-refractivity contribution is 7.99. The van der Waals surface area contributed by atoms with Crippen LogP contribution in [0.15, 0.2) is 30.3 Å². The highest BCUT2D eigenvalue weighted by Crippen LogP contribution is 2.26. The lowest BCUT2D eigenvalue weighted by molar-refractivity contribution is -0.131. The Morgan fingerprint density at radius 1 is 1.12 bits per heavy atom. The molecule has 1 aromatic heterocycles. The van der Waals surface area contributed by atoms with Crippen LogP contribution >= 0.6 is 49.0 Å². The maximum Gasteiger partial charge on any atom is 0.240 e. The van der Waals surface area contributed by atoms with Crippen LogP contribution in [0.2, 0.25) is 0 Å². The van der Waals surface area contributed by atoms with Crippen LogP contribution in [0.25, 0.3) is 5.69 Å². The molecule has 190 valence electrons. The van der Waals surface area contributed by atoms with Gasteiger partial charge in [-0.1, -0.05) is 12.1 Å². The number of piperazine rings is 1. The zero-order chi connectivity index (χ0) is 21.4. The van der Waals surface area contributed by atoms with Gasteiger partial charge in [0.25, 0.3) is 0 Å². The third-order valence-corrected chi connectivity index (χ3v) is 7.48. The summed E-state index contributed by atoms with van der Waals surface area (Å²) in [6, 6.07) is 9.15. The zero-order valence-electron chi connectivity index (χ0n) is 19.1. The number of rotatable bonds is 4. The summed E-state index contributed by atoms with van der Waals surface area (Å²) in [5, 5.41) is 8.00. The van der Waals surface area contributed by atoms with Gasteiger partial charge in [-0.25, -0.2) is 9.07 Å². The minimum atomic E-state index is -0.269. The van der Waals surface area contributed by atoms with Crippen molar-refractivity contribution in [3.05, 3.63) is 41.8 Å². The first-order valence-corrected chi connectivity index (χ1v) is 12.2. The van der Waals surface area contributed by atoms with Crippen molar-refractivity contribution in [3.8, 4) is 5.69 Å². The number of nitrogens with one attached hydrogen (secondary N) is 1. The van der Waals surface area contributed by atoms with E-state index in [0.29, 0.717) is 11.7 Å². The van der Waals surface area contributed by atoms with Crippen molar-refractivity contribution in [2.45, 2.75) is 25.4 Å². The van der Waals surface area contributed by atoms with Crippen LogP contribution in [0.3, 0.4) is 0 Å². The first kappa shape index (κ1) is 29.0. The van der Waals surface area contributed by atoms with E-state index in [1.165, 1.54) is 6.07 Å². The molecule has 0 saturated carbocycles. The van der Waals surface area contributed by atoms with Gasteiger partial charge in [0.15, 0.2) is 0 Å². The standard InChI is InChI=1S/C22H29FN6OS.3ClH/c1-16-12-21(29(25-16)20-5-3-2-4-18(20)23)27-8-6-26(7-9-27)17-13-19(24-14-17)22(30)28-10-11-31-15-28;;;/h2-5,12,17,19,24H,6-11,13-15H2,1H3;3*1H/t17-,19-;;;/m0.../s1. The van der Waals surface area contributed by atoms with E-state index in [-0.39, 0.29) is 55.0 Å². The Morgan fingerprint density at radius 3 is 2.53 bits per heavy atom. The van der Waals surface area contributed by atoms with E-state index in [0.717, 1.165) is 68.8 Å². The highest BCUT2D eigenvalue weighted by Gasteiger charge is 2.37. The minimum absolute atomic E-state index is 0. The van der Waals surface area contributed by atoms with Gasteiger partial charge < -0.3 is 15.1 Å². The van der Waals surface area contributed by atoms with E-state index >= 15 is 0 Å². The van der Waals surface area contributed by atoms with Crippen LogP contribution in [0.1, 0.15) is 12.1 Å². The second-order valence-electron chi connectivity index (χ2n) is 8.52. The van der Waals surface area contributed by atoms with Gasteiger partial charge in [0.1, 0.15) is 17.3 Å². The lowest BCUT2D eigenvalue weighted by atomic mass is 10.1. The summed E-state index contributed by atoms with van der Waals surface area (Å²) in [6.07, 6.45) is 0.881. The van der Waals surface area contributed by atoms with Gasteiger partial charge in [-0.05, 0) is 25.5 Å². The maximum absolute atomic E-state index is 14.4. The Bertz CT molecular complexity index is 952. The molecule has 2 atom stereocenters. The van der Waals surface area contributed by atoms with Crippen LogP contribution in [0.5, 0.6) is 0 Å². The number of thioether (sulfide) groups is 1. The lowest BCUT2D eigenvalue weighted by Crippen LogP contribution is -2.51. The number of aryl methyl sites for hydroxylation is 1. The fourth-order valence-electron chi connectivity index (χ4n) is 4.82. The molecule has 0 unspecified atom stereocenters. The largest absolute Gasteiger partial charge is 0.354 e. The lowest BCUT2D eigenvalue weighted by Gasteiger charge is -2.38. The second-order valence-corrected chi connectivity index (χ2v) is 9.59. The zero-order valence-corrected chi connectivity index (χ0v) is 22.3. The van der Waals surface area contributed by atoms with Gasteiger partial charge in [0.2, 0.25) is 5.91 Å². The van der Waals surface area contributed by atoms with E-state index < -0.39 is 0 Å². The number of aromatic nitrogens is 2. The molecule has 4 heterocycles. The molecule has 0 radical (unpaired) electrons. The summed E-state index contributed by atoms with van der Waals surface area (Å²) >= 11 is 1.83. The van der Waals surface area contributed by atoms with Crippen LogP contribution < -0.4 is 10.2 Å². The predicted octanol–water partition coefficient (Wildman–Crippen LogP) is 2.97. The average molecular weight is 554 g/mol. The molecule has 1 amide bonds. The SMILES string of the molecule is Cc1cc(N2CCN([C@@H]3CN[C@H](C(=O)N4CCSC4)C3)CC2)n(-c2ccccc2F)n1.Cl.Cl.Cl. The van der Waals surface area contributed by atoms with Crippen molar-refractivity contribution in [2.75, 3.05) is 55.8 Å². The molecule has 3 aliphatic heterocycles. The molecule has 0 aliphatic carbocycles.